The van der Waals surface area contributed by atoms with Crippen LogP contribution in [-0.4, -0.2) is 96.0 Å². The summed E-state index contributed by atoms with van der Waals surface area (Å²) in [4.78, 5) is 0. The van der Waals surface area contributed by atoms with Gasteiger partial charge in [0.05, 0.1) is 51.0 Å². The second kappa shape index (κ2) is 10.7. The molecule has 0 aromatic carbocycles. The second-order valence-electron chi connectivity index (χ2n) is 5.25. The third-order valence-corrected chi connectivity index (χ3v) is 5.12. The molecular formula is C9H16BO15S3-. The molecule has 2 saturated heterocycles. The van der Waals surface area contributed by atoms with Crippen LogP contribution >= 0.6 is 0 Å². The maximum absolute atomic E-state index is 11.0. The second-order valence-corrected chi connectivity index (χ2v) is 8.39. The fraction of sp³-hybridized carbons (Fsp3) is 1.00. The lowest BCUT2D eigenvalue weighted by atomic mass is 10.2. The molecule has 0 spiro atoms. The normalized spacial score (nSPS) is 28.2. The van der Waals surface area contributed by atoms with E-state index in [9.17, 15) is 30.7 Å². The molecule has 4 atom stereocenters. The highest BCUT2D eigenvalue weighted by Gasteiger charge is 2.35. The fourth-order valence-electron chi connectivity index (χ4n) is 1.80. The van der Waals surface area contributed by atoms with E-state index in [-0.39, 0.29) is 26.4 Å². The lowest BCUT2D eigenvalue weighted by Gasteiger charge is -2.19. The number of aliphatic hydroxyl groups is 1. The molecule has 0 aromatic rings. The van der Waals surface area contributed by atoms with Crippen molar-refractivity contribution in [3.63, 3.8) is 0 Å². The van der Waals surface area contributed by atoms with E-state index in [0.717, 1.165) is 0 Å². The van der Waals surface area contributed by atoms with Gasteiger partial charge in [-0.2, -0.15) is 16.8 Å². The van der Waals surface area contributed by atoms with Gasteiger partial charge in [0.2, 0.25) is 0 Å². The standard InChI is InChI=1S/C9H17BO15S3/c11-7(2-21-26(12)13)1-18-10(19-3-8-5-22-27(14,15)24-8)20-4-9-6-23-28(16,17)25-9/h7-9,11H,1-6H2,(H,12,13)/p-1. The summed E-state index contributed by atoms with van der Waals surface area (Å²) in [7, 11) is -9.73. The Kier molecular flexibility index (Phi) is 9.13. The molecule has 2 fully saturated rings. The van der Waals surface area contributed by atoms with Crippen molar-refractivity contribution in [2.24, 2.45) is 0 Å². The van der Waals surface area contributed by atoms with Crippen LogP contribution in [0.15, 0.2) is 0 Å². The van der Waals surface area contributed by atoms with Gasteiger partial charge < -0.3 is 23.6 Å². The Morgan fingerprint density at radius 1 is 1.00 bits per heavy atom. The third kappa shape index (κ3) is 9.03. The van der Waals surface area contributed by atoms with Gasteiger partial charge in [0.25, 0.3) is 0 Å². The molecule has 0 bridgehead atoms. The van der Waals surface area contributed by atoms with E-state index < -0.39 is 71.0 Å². The summed E-state index contributed by atoms with van der Waals surface area (Å²) in [5.74, 6) is 0. The van der Waals surface area contributed by atoms with E-state index in [4.69, 9.17) is 14.0 Å². The van der Waals surface area contributed by atoms with Gasteiger partial charge in [0.15, 0.2) is 0 Å². The molecule has 1 N–H and O–H groups in total. The largest absolute Gasteiger partial charge is 0.750 e. The first-order chi connectivity index (χ1) is 13.0. The zero-order valence-electron chi connectivity index (χ0n) is 13.9. The zero-order chi connectivity index (χ0) is 20.8. The van der Waals surface area contributed by atoms with Crippen molar-refractivity contribution in [1.82, 2.24) is 0 Å². The highest BCUT2D eigenvalue weighted by atomic mass is 32.3. The highest BCUT2D eigenvalue weighted by Crippen LogP contribution is 2.15. The molecule has 19 heteroatoms. The van der Waals surface area contributed by atoms with Gasteiger partial charge in [0.1, 0.15) is 18.3 Å². The summed E-state index contributed by atoms with van der Waals surface area (Å²) in [5, 5.41) is 9.56. The topological polar surface area (TPSA) is 202 Å². The molecule has 2 heterocycles. The first-order valence-electron chi connectivity index (χ1n) is 7.45. The highest BCUT2D eigenvalue weighted by molar-refractivity contribution is 7.82. The first kappa shape index (κ1) is 24.0. The van der Waals surface area contributed by atoms with Crippen molar-refractivity contribution in [2.75, 3.05) is 39.6 Å². The smallest absolute Gasteiger partial charge is 0.639 e. The minimum absolute atomic E-state index is 0.307. The third-order valence-electron chi connectivity index (χ3n) is 2.92. The Balaban J connectivity index is 1.80. The van der Waals surface area contributed by atoms with Crippen LogP contribution in [0, 0.1) is 0 Å². The Morgan fingerprint density at radius 2 is 1.50 bits per heavy atom. The molecule has 0 aromatic heterocycles. The average molecular weight is 471 g/mol. The van der Waals surface area contributed by atoms with Crippen molar-refractivity contribution in [2.45, 2.75) is 18.3 Å². The molecule has 4 unspecified atom stereocenters. The van der Waals surface area contributed by atoms with E-state index in [1.807, 2.05) is 0 Å². The monoisotopic (exact) mass is 471 g/mol. The van der Waals surface area contributed by atoms with E-state index in [0.29, 0.717) is 0 Å². The van der Waals surface area contributed by atoms with Crippen molar-refractivity contribution < 1.29 is 65.6 Å². The Hall–Kier alpha value is -0.285. The zero-order valence-corrected chi connectivity index (χ0v) is 16.4. The van der Waals surface area contributed by atoms with E-state index in [1.165, 1.54) is 0 Å². The molecular weight excluding hydrogens is 455 g/mol. The predicted molar refractivity (Wildman–Crippen MR) is 84.0 cm³/mol. The van der Waals surface area contributed by atoms with E-state index >= 15 is 0 Å². The maximum atomic E-state index is 11.0. The van der Waals surface area contributed by atoms with E-state index in [2.05, 4.69) is 20.9 Å². The Bertz CT molecular complexity index is 677. The number of aliphatic hydroxyl groups excluding tert-OH is 1. The van der Waals surface area contributed by atoms with Crippen LogP contribution in [0.4, 0.5) is 0 Å². The summed E-state index contributed by atoms with van der Waals surface area (Å²) in [5.41, 5.74) is 0. The molecule has 0 saturated carbocycles. The van der Waals surface area contributed by atoms with Crippen molar-refractivity contribution in [3.8, 4) is 0 Å². The number of rotatable bonds is 12. The van der Waals surface area contributed by atoms with Crippen molar-refractivity contribution in [3.05, 3.63) is 0 Å². The summed E-state index contributed by atoms with van der Waals surface area (Å²) >= 11 is -2.83. The van der Waals surface area contributed by atoms with Crippen LogP contribution in [0.3, 0.4) is 0 Å². The van der Waals surface area contributed by atoms with Gasteiger partial charge in [-0.1, -0.05) is 0 Å². The lowest BCUT2D eigenvalue weighted by Crippen LogP contribution is -2.37. The maximum Gasteiger partial charge on any atom is 0.639 e. The van der Waals surface area contributed by atoms with Gasteiger partial charge >= 0.3 is 28.1 Å². The van der Waals surface area contributed by atoms with Gasteiger partial charge in [-0.25, -0.2) is 20.9 Å². The van der Waals surface area contributed by atoms with Gasteiger partial charge in [0, 0.05) is 0 Å². The van der Waals surface area contributed by atoms with Gasteiger partial charge in [-0.05, 0) is 0 Å². The van der Waals surface area contributed by atoms with Crippen LogP contribution in [0.2, 0.25) is 0 Å². The molecule has 15 nitrogen and oxygen atoms in total. The Labute approximate surface area is 163 Å². The Morgan fingerprint density at radius 3 is 1.89 bits per heavy atom. The summed E-state index contributed by atoms with van der Waals surface area (Å²) in [6, 6.07) is 0. The number of hydrogen-bond acceptors (Lipinski definition) is 15. The SMILES string of the molecule is O=S([O-])OCC(O)COB(OCC1COS(=O)(=O)O1)OCC1COS(=O)(=O)O1. The molecule has 28 heavy (non-hydrogen) atoms. The van der Waals surface area contributed by atoms with Crippen LogP contribution in [0.25, 0.3) is 0 Å². The lowest BCUT2D eigenvalue weighted by molar-refractivity contribution is 0.00652. The molecule has 0 amide bonds. The summed E-state index contributed by atoms with van der Waals surface area (Å²) in [6.07, 6.45) is -3.34. The predicted octanol–water partition coefficient (Wildman–Crippen LogP) is -3.49. The van der Waals surface area contributed by atoms with Crippen molar-refractivity contribution >= 4 is 39.5 Å². The van der Waals surface area contributed by atoms with E-state index in [1.54, 1.807) is 0 Å². The van der Waals surface area contributed by atoms with Crippen LogP contribution in [0.1, 0.15) is 0 Å². The first-order valence-corrected chi connectivity index (χ1v) is 11.1. The molecule has 2 rings (SSSR count). The summed E-state index contributed by atoms with van der Waals surface area (Å²) < 4.78 is 102. The summed E-state index contributed by atoms with van der Waals surface area (Å²) in [6.45, 7) is -2.43. The van der Waals surface area contributed by atoms with Crippen molar-refractivity contribution in [1.29, 1.82) is 0 Å². The quantitative estimate of drug-likeness (QED) is 0.217. The molecule has 2 aliphatic heterocycles. The van der Waals surface area contributed by atoms with Gasteiger partial charge in [-0.3, -0.25) is 4.18 Å². The minimum Gasteiger partial charge on any atom is -0.750 e. The van der Waals surface area contributed by atoms with Gasteiger partial charge in [-0.15, -0.1) is 0 Å². The average Bonchev–Trinajstić information content (AvgIpc) is 3.13. The molecule has 0 radical (unpaired) electrons. The molecule has 164 valence electrons. The fourth-order valence-corrected chi connectivity index (χ4v) is 3.71. The van der Waals surface area contributed by atoms with Crippen LogP contribution < -0.4 is 0 Å². The molecule has 2 aliphatic rings. The van der Waals surface area contributed by atoms with Crippen LogP contribution in [-0.2, 0) is 67.0 Å². The van der Waals surface area contributed by atoms with Crippen LogP contribution in [0.5, 0.6) is 0 Å². The number of hydrogen-bond donors (Lipinski definition) is 1. The minimum atomic E-state index is -4.10. The molecule has 0 aliphatic carbocycles.